The summed E-state index contributed by atoms with van der Waals surface area (Å²) in [5, 5.41) is 4.52. The molecule has 1 atom stereocenters. The van der Waals surface area contributed by atoms with Crippen LogP contribution in [-0.2, 0) is 11.3 Å². The van der Waals surface area contributed by atoms with Crippen molar-refractivity contribution in [3.63, 3.8) is 0 Å². The van der Waals surface area contributed by atoms with Crippen LogP contribution in [-0.4, -0.2) is 42.1 Å². The van der Waals surface area contributed by atoms with E-state index in [1.54, 1.807) is 12.4 Å². The molecule has 0 aromatic carbocycles. The number of likely N-dealkylation sites (tertiary alicyclic amines) is 1. The smallest absolute Gasteiger partial charge is 0.251 e. The highest BCUT2D eigenvalue weighted by Gasteiger charge is 2.31. The van der Waals surface area contributed by atoms with Gasteiger partial charge in [-0.25, -0.2) is 4.98 Å². The molecule has 3 aromatic rings. The highest BCUT2D eigenvalue weighted by molar-refractivity contribution is 5.77. The van der Waals surface area contributed by atoms with Crippen LogP contribution in [0.3, 0.4) is 0 Å². The van der Waals surface area contributed by atoms with Crippen molar-refractivity contribution in [1.82, 2.24) is 29.6 Å². The Morgan fingerprint density at radius 1 is 1.30 bits per heavy atom. The summed E-state index contributed by atoms with van der Waals surface area (Å²) in [6.45, 7) is 7.26. The lowest BCUT2D eigenvalue weighted by atomic mass is 10.1. The number of hydrogen-bond donors (Lipinski definition) is 1. The summed E-state index contributed by atoms with van der Waals surface area (Å²) >= 11 is 0. The fraction of sp³-hybridized carbons (Fsp3) is 0.409. The van der Waals surface area contributed by atoms with Gasteiger partial charge in [0.2, 0.25) is 5.91 Å². The van der Waals surface area contributed by atoms with Crippen LogP contribution in [0.1, 0.15) is 48.1 Å². The molecule has 0 radical (unpaired) electrons. The number of carbonyl (C=O) groups is 1. The lowest BCUT2D eigenvalue weighted by Crippen LogP contribution is -2.33. The Morgan fingerprint density at radius 3 is 2.83 bits per heavy atom. The lowest BCUT2D eigenvalue weighted by Gasteiger charge is -2.24. The van der Waals surface area contributed by atoms with Crippen molar-refractivity contribution in [2.45, 2.75) is 52.6 Å². The Morgan fingerprint density at radius 2 is 2.13 bits per heavy atom. The minimum atomic E-state index is -0.226. The second kappa shape index (κ2) is 8.22. The van der Waals surface area contributed by atoms with E-state index in [-0.39, 0.29) is 17.5 Å². The minimum absolute atomic E-state index is 0.0529. The quantitative estimate of drug-likeness (QED) is 0.703. The van der Waals surface area contributed by atoms with Gasteiger partial charge in [0.15, 0.2) is 0 Å². The van der Waals surface area contributed by atoms with E-state index in [9.17, 15) is 9.59 Å². The van der Waals surface area contributed by atoms with Gasteiger partial charge in [-0.05, 0) is 51.3 Å². The second-order valence-corrected chi connectivity index (χ2v) is 7.77. The number of aromatic amines is 1. The Hall–Kier alpha value is -3.29. The molecule has 0 unspecified atom stereocenters. The summed E-state index contributed by atoms with van der Waals surface area (Å²) in [6.07, 6.45) is 5.39. The second-order valence-electron chi connectivity index (χ2n) is 7.77. The number of rotatable bonds is 5. The van der Waals surface area contributed by atoms with Crippen LogP contribution < -0.4 is 5.56 Å². The molecule has 1 amide bonds. The number of H-pyrrole nitrogens is 1. The number of pyridine rings is 1. The van der Waals surface area contributed by atoms with Gasteiger partial charge in [0.1, 0.15) is 5.82 Å². The molecule has 0 spiro atoms. The molecule has 1 fully saturated rings. The number of aryl methyl sites for hydroxylation is 2. The predicted molar refractivity (Wildman–Crippen MR) is 113 cm³/mol. The van der Waals surface area contributed by atoms with Crippen LogP contribution in [0.2, 0.25) is 0 Å². The molecule has 8 nitrogen and oxygen atoms in total. The Balaban J connectivity index is 1.53. The zero-order valence-corrected chi connectivity index (χ0v) is 17.6. The summed E-state index contributed by atoms with van der Waals surface area (Å²) < 4.78 is 1.90. The molecule has 1 saturated heterocycles. The molecule has 1 aliphatic rings. The van der Waals surface area contributed by atoms with Crippen molar-refractivity contribution in [1.29, 1.82) is 0 Å². The van der Waals surface area contributed by atoms with Crippen molar-refractivity contribution < 1.29 is 4.79 Å². The van der Waals surface area contributed by atoms with E-state index >= 15 is 0 Å². The molecular weight excluding hydrogens is 380 g/mol. The monoisotopic (exact) mass is 406 g/mol. The Labute approximate surface area is 175 Å². The molecule has 4 heterocycles. The van der Waals surface area contributed by atoms with Crippen molar-refractivity contribution in [3.05, 3.63) is 63.7 Å². The van der Waals surface area contributed by atoms with E-state index in [0.717, 1.165) is 35.4 Å². The van der Waals surface area contributed by atoms with Crippen molar-refractivity contribution in [2.24, 2.45) is 0 Å². The van der Waals surface area contributed by atoms with Gasteiger partial charge < -0.3 is 9.88 Å². The van der Waals surface area contributed by atoms with Gasteiger partial charge >= 0.3 is 0 Å². The van der Waals surface area contributed by atoms with Crippen molar-refractivity contribution in [2.75, 3.05) is 6.54 Å². The standard InChI is InChI=1S/C22H26N6O2/c1-14-15(2)26-28(16(14)3)11-8-21(30)27-10-5-7-19(27)22-24-18(12-20(29)25-22)17-6-4-9-23-13-17/h4,6,9,12-13,19H,5,7-8,10-11H2,1-3H3,(H,24,25,29)/t19-/m1/s1. The Bertz CT molecular complexity index is 1120. The highest BCUT2D eigenvalue weighted by atomic mass is 16.2. The maximum Gasteiger partial charge on any atom is 0.251 e. The van der Waals surface area contributed by atoms with Crippen LogP contribution >= 0.6 is 0 Å². The molecular formula is C22H26N6O2. The van der Waals surface area contributed by atoms with Crippen LogP contribution in [0.25, 0.3) is 11.3 Å². The molecule has 8 heteroatoms. The van der Waals surface area contributed by atoms with Gasteiger partial charge in [0.05, 0.1) is 17.4 Å². The van der Waals surface area contributed by atoms with E-state index < -0.39 is 0 Å². The first kappa shape index (κ1) is 20.0. The van der Waals surface area contributed by atoms with Gasteiger partial charge in [-0.2, -0.15) is 5.10 Å². The molecule has 1 aliphatic heterocycles. The number of aromatic nitrogens is 5. The number of amides is 1. The van der Waals surface area contributed by atoms with Crippen LogP contribution in [0, 0.1) is 20.8 Å². The van der Waals surface area contributed by atoms with Crippen molar-refractivity contribution >= 4 is 5.91 Å². The van der Waals surface area contributed by atoms with Crippen LogP contribution in [0.4, 0.5) is 0 Å². The third-order valence-electron chi connectivity index (χ3n) is 5.89. The summed E-state index contributed by atoms with van der Waals surface area (Å²) in [5.41, 5.74) is 4.37. The molecule has 0 saturated carbocycles. The van der Waals surface area contributed by atoms with E-state index in [4.69, 9.17) is 0 Å². The van der Waals surface area contributed by atoms with Crippen molar-refractivity contribution in [3.8, 4) is 11.3 Å². The molecule has 30 heavy (non-hydrogen) atoms. The summed E-state index contributed by atoms with van der Waals surface area (Å²) in [6, 6.07) is 4.92. The van der Waals surface area contributed by atoms with Crippen LogP contribution in [0.5, 0.6) is 0 Å². The molecule has 0 aliphatic carbocycles. The SMILES string of the molecule is Cc1nn(CCC(=O)N2CCC[C@@H]2c2nc(-c3cccnc3)cc(=O)[nH]2)c(C)c1C. The van der Waals surface area contributed by atoms with Gasteiger partial charge in [0.25, 0.3) is 5.56 Å². The largest absolute Gasteiger partial charge is 0.332 e. The third-order valence-corrected chi connectivity index (χ3v) is 5.89. The van der Waals surface area contributed by atoms with Gasteiger partial charge in [0, 0.05) is 49.2 Å². The number of hydrogen-bond acceptors (Lipinski definition) is 5. The summed E-state index contributed by atoms with van der Waals surface area (Å²) in [7, 11) is 0. The van der Waals surface area contributed by atoms with Gasteiger partial charge in [-0.3, -0.25) is 19.3 Å². The van der Waals surface area contributed by atoms with E-state index in [1.807, 2.05) is 42.5 Å². The number of nitrogens with one attached hydrogen (secondary N) is 1. The Kier molecular flexibility index (Phi) is 5.48. The number of nitrogens with zero attached hydrogens (tertiary/aromatic N) is 5. The zero-order chi connectivity index (χ0) is 21.3. The van der Waals surface area contributed by atoms with Crippen LogP contribution in [0.15, 0.2) is 35.4 Å². The van der Waals surface area contributed by atoms with E-state index in [2.05, 4.69) is 20.1 Å². The molecule has 3 aromatic heterocycles. The predicted octanol–water partition coefficient (Wildman–Crippen LogP) is 2.71. The first-order chi connectivity index (χ1) is 14.4. The molecule has 4 rings (SSSR count). The molecule has 156 valence electrons. The summed E-state index contributed by atoms with van der Waals surface area (Å²) in [5.74, 6) is 0.589. The first-order valence-electron chi connectivity index (χ1n) is 10.3. The van der Waals surface area contributed by atoms with Gasteiger partial charge in [-0.15, -0.1) is 0 Å². The average Bonchev–Trinajstić information content (AvgIpc) is 3.33. The topological polar surface area (TPSA) is 96.8 Å². The number of carbonyl (C=O) groups excluding carboxylic acids is 1. The minimum Gasteiger partial charge on any atom is -0.332 e. The summed E-state index contributed by atoms with van der Waals surface area (Å²) in [4.78, 5) is 38.7. The highest BCUT2D eigenvalue weighted by Crippen LogP contribution is 2.31. The van der Waals surface area contributed by atoms with Gasteiger partial charge in [-0.1, -0.05) is 0 Å². The maximum absolute atomic E-state index is 13.0. The zero-order valence-electron chi connectivity index (χ0n) is 17.6. The lowest BCUT2D eigenvalue weighted by molar-refractivity contribution is -0.132. The molecule has 1 N–H and O–H groups in total. The third kappa shape index (κ3) is 3.90. The van der Waals surface area contributed by atoms with E-state index in [0.29, 0.717) is 31.0 Å². The maximum atomic E-state index is 13.0. The molecule has 0 bridgehead atoms. The van der Waals surface area contributed by atoms with E-state index in [1.165, 1.54) is 6.07 Å². The fourth-order valence-electron chi connectivity index (χ4n) is 4.00. The normalized spacial score (nSPS) is 16.2. The first-order valence-corrected chi connectivity index (χ1v) is 10.3. The fourth-order valence-corrected chi connectivity index (χ4v) is 4.00. The average molecular weight is 406 g/mol.